The fourth-order valence-corrected chi connectivity index (χ4v) is 3.52. The van der Waals surface area contributed by atoms with E-state index in [9.17, 15) is 9.59 Å². The molecule has 1 N–H and O–H groups in total. The minimum Gasteiger partial charge on any atom is -0.495 e. The minimum atomic E-state index is -0.354. The first-order valence-electron chi connectivity index (χ1n) is 8.41. The molecule has 3 rings (SSSR count). The normalized spacial score (nSPS) is 15.1. The molecule has 146 valence electrons. The van der Waals surface area contributed by atoms with Gasteiger partial charge >= 0.3 is 0 Å². The molecule has 28 heavy (non-hydrogen) atoms. The molecule has 0 aliphatic carbocycles. The molecule has 0 radical (unpaired) electrons. The van der Waals surface area contributed by atoms with Gasteiger partial charge in [0.15, 0.2) is 11.5 Å². The molecule has 1 saturated heterocycles. The summed E-state index contributed by atoms with van der Waals surface area (Å²) in [6, 6.07) is 12.6. The summed E-state index contributed by atoms with van der Waals surface area (Å²) in [5.41, 5.74) is 1.44. The molecule has 0 spiro atoms. The van der Waals surface area contributed by atoms with E-state index in [0.29, 0.717) is 27.8 Å². The summed E-state index contributed by atoms with van der Waals surface area (Å²) >= 11 is 0.900. The molecule has 7 nitrogen and oxygen atoms in total. The maximum absolute atomic E-state index is 12.7. The second-order valence-corrected chi connectivity index (χ2v) is 6.75. The summed E-state index contributed by atoms with van der Waals surface area (Å²) < 4.78 is 15.8. The second-order valence-electron chi connectivity index (χ2n) is 5.76. The molecule has 1 heterocycles. The van der Waals surface area contributed by atoms with Crippen LogP contribution in [0.2, 0.25) is 0 Å². The Hall–Kier alpha value is -3.13. The predicted octanol–water partition coefficient (Wildman–Crippen LogP) is 3.82. The molecule has 2 aromatic rings. The number of ether oxygens (including phenoxy) is 3. The van der Waals surface area contributed by atoms with E-state index in [1.807, 2.05) is 18.2 Å². The van der Waals surface area contributed by atoms with E-state index >= 15 is 0 Å². The summed E-state index contributed by atoms with van der Waals surface area (Å²) in [4.78, 5) is 26.5. The quantitative estimate of drug-likeness (QED) is 0.708. The number of nitrogens with zero attached hydrogens (tertiary/aromatic N) is 1. The Bertz CT molecular complexity index is 929. The van der Waals surface area contributed by atoms with E-state index in [-0.39, 0.29) is 17.8 Å². The van der Waals surface area contributed by atoms with Crippen molar-refractivity contribution in [3.8, 4) is 17.2 Å². The van der Waals surface area contributed by atoms with E-state index in [1.165, 1.54) is 0 Å². The van der Waals surface area contributed by atoms with Crippen molar-refractivity contribution < 1.29 is 23.8 Å². The lowest BCUT2D eigenvalue weighted by molar-refractivity contribution is -0.122. The van der Waals surface area contributed by atoms with Crippen molar-refractivity contribution in [2.75, 3.05) is 33.3 Å². The van der Waals surface area contributed by atoms with Crippen molar-refractivity contribution in [3.05, 3.63) is 52.9 Å². The van der Waals surface area contributed by atoms with Crippen LogP contribution in [0.4, 0.5) is 10.5 Å². The number of rotatable bonds is 7. The minimum absolute atomic E-state index is 0.0499. The third-order valence-electron chi connectivity index (χ3n) is 4.11. The molecule has 0 bridgehead atoms. The van der Waals surface area contributed by atoms with Gasteiger partial charge in [-0.1, -0.05) is 18.2 Å². The number of methoxy groups -OCH3 is 3. The lowest BCUT2D eigenvalue weighted by Gasteiger charge is -2.16. The van der Waals surface area contributed by atoms with Gasteiger partial charge < -0.3 is 19.5 Å². The number of hydrogen-bond donors (Lipinski definition) is 1. The molecule has 0 atom stereocenters. The highest BCUT2D eigenvalue weighted by molar-refractivity contribution is 8.18. The third kappa shape index (κ3) is 4.07. The van der Waals surface area contributed by atoms with Crippen molar-refractivity contribution in [1.82, 2.24) is 4.90 Å². The smallest absolute Gasteiger partial charge is 0.295 e. The zero-order valence-corrected chi connectivity index (χ0v) is 16.5. The highest BCUT2D eigenvalue weighted by Crippen LogP contribution is 2.34. The molecule has 1 aliphatic heterocycles. The number of imide groups is 1. The van der Waals surface area contributed by atoms with E-state index in [2.05, 4.69) is 5.32 Å². The zero-order chi connectivity index (χ0) is 20.1. The Kier molecular flexibility index (Phi) is 6.10. The molecule has 0 saturated carbocycles. The van der Waals surface area contributed by atoms with Gasteiger partial charge in [-0.05, 0) is 47.7 Å². The molecule has 1 aliphatic rings. The van der Waals surface area contributed by atoms with Crippen molar-refractivity contribution in [2.24, 2.45) is 0 Å². The topological polar surface area (TPSA) is 77.1 Å². The van der Waals surface area contributed by atoms with Crippen molar-refractivity contribution >= 4 is 34.7 Å². The number of carbonyl (C=O) groups is 2. The number of hydrogen-bond acceptors (Lipinski definition) is 7. The van der Waals surface area contributed by atoms with Crippen LogP contribution in [-0.2, 0) is 4.79 Å². The summed E-state index contributed by atoms with van der Waals surface area (Å²) in [6.45, 7) is 0.0499. The Balaban J connectivity index is 1.75. The number of nitrogens with one attached hydrogen (secondary N) is 1. The van der Waals surface area contributed by atoms with E-state index in [4.69, 9.17) is 14.2 Å². The highest BCUT2D eigenvalue weighted by atomic mass is 32.2. The first-order valence-corrected chi connectivity index (χ1v) is 9.23. The average molecular weight is 400 g/mol. The first kappa shape index (κ1) is 19.6. The van der Waals surface area contributed by atoms with E-state index in [1.54, 1.807) is 51.7 Å². The average Bonchev–Trinajstić information content (AvgIpc) is 2.99. The first-order chi connectivity index (χ1) is 13.6. The lowest BCUT2D eigenvalue weighted by atomic mass is 10.2. The fourth-order valence-electron chi connectivity index (χ4n) is 2.69. The molecule has 2 amide bonds. The monoisotopic (exact) mass is 400 g/mol. The van der Waals surface area contributed by atoms with Crippen LogP contribution >= 0.6 is 11.8 Å². The Morgan fingerprint density at radius 2 is 1.68 bits per heavy atom. The largest absolute Gasteiger partial charge is 0.495 e. The predicted molar refractivity (Wildman–Crippen MR) is 109 cm³/mol. The SMILES string of the molecule is COc1ccccc1NCN1C(=O)S/C(=C/c2ccc(OC)c(OC)c2)C1=O. The number of benzene rings is 2. The van der Waals surface area contributed by atoms with Gasteiger partial charge in [-0.15, -0.1) is 0 Å². The third-order valence-corrected chi connectivity index (χ3v) is 5.02. The molecule has 0 unspecified atom stereocenters. The van der Waals surface area contributed by atoms with Crippen molar-refractivity contribution in [3.63, 3.8) is 0 Å². The standard InChI is InChI=1S/C20H20N2O5S/c1-25-15-7-5-4-6-14(15)21-12-22-19(23)18(28-20(22)24)11-13-8-9-16(26-2)17(10-13)27-3/h4-11,21H,12H2,1-3H3/b18-11+. The Morgan fingerprint density at radius 3 is 2.39 bits per heavy atom. The van der Waals surface area contributed by atoms with Crippen LogP contribution < -0.4 is 19.5 Å². The summed E-state index contributed by atoms with van der Waals surface area (Å²) in [7, 11) is 4.66. The van der Waals surface area contributed by atoms with E-state index < -0.39 is 0 Å². The van der Waals surface area contributed by atoms with Crippen LogP contribution in [0.1, 0.15) is 5.56 Å². The van der Waals surface area contributed by atoms with Crippen LogP contribution in [0, 0.1) is 0 Å². The van der Waals surface area contributed by atoms with Gasteiger partial charge in [0.2, 0.25) is 0 Å². The van der Waals surface area contributed by atoms with Gasteiger partial charge in [-0.2, -0.15) is 0 Å². The van der Waals surface area contributed by atoms with Crippen LogP contribution in [0.5, 0.6) is 17.2 Å². The van der Waals surface area contributed by atoms with Crippen LogP contribution in [0.25, 0.3) is 6.08 Å². The molecule has 1 fully saturated rings. The number of carbonyl (C=O) groups excluding carboxylic acids is 2. The maximum Gasteiger partial charge on any atom is 0.295 e. The van der Waals surface area contributed by atoms with Crippen LogP contribution in [0.15, 0.2) is 47.4 Å². The van der Waals surface area contributed by atoms with Crippen molar-refractivity contribution in [1.29, 1.82) is 0 Å². The molecule has 0 aromatic heterocycles. The van der Waals surface area contributed by atoms with Gasteiger partial charge in [0, 0.05) is 0 Å². The summed E-state index contributed by atoms with van der Waals surface area (Å²) in [5, 5.41) is 2.73. The Morgan fingerprint density at radius 1 is 0.964 bits per heavy atom. The summed E-state index contributed by atoms with van der Waals surface area (Å²) in [6.07, 6.45) is 1.66. The van der Waals surface area contributed by atoms with Gasteiger partial charge in [0.25, 0.3) is 11.1 Å². The molecular formula is C20H20N2O5S. The maximum atomic E-state index is 12.7. The van der Waals surface area contributed by atoms with Crippen molar-refractivity contribution in [2.45, 2.75) is 0 Å². The van der Waals surface area contributed by atoms with Crippen LogP contribution in [0.3, 0.4) is 0 Å². The second kappa shape index (κ2) is 8.71. The van der Waals surface area contributed by atoms with Crippen LogP contribution in [-0.4, -0.2) is 44.0 Å². The highest BCUT2D eigenvalue weighted by Gasteiger charge is 2.35. The molecular weight excluding hydrogens is 380 g/mol. The zero-order valence-electron chi connectivity index (χ0n) is 15.7. The van der Waals surface area contributed by atoms with Gasteiger partial charge in [-0.25, -0.2) is 0 Å². The molecule has 8 heteroatoms. The van der Waals surface area contributed by atoms with Gasteiger partial charge in [0.1, 0.15) is 5.75 Å². The number of thioether (sulfide) groups is 1. The number of anilines is 1. The number of amides is 2. The molecule has 2 aromatic carbocycles. The number of para-hydroxylation sites is 2. The Labute approximate surface area is 167 Å². The van der Waals surface area contributed by atoms with E-state index in [0.717, 1.165) is 22.2 Å². The fraction of sp³-hybridized carbons (Fsp3) is 0.200. The summed E-state index contributed by atoms with van der Waals surface area (Å²) in [5.74, 6) is 1.42. The van der Waals surface area contributed by atoms with Gasteiger partial charge in [0.05, 0.1) is 38.6 Å². The van der Waals surface area contributed by atoms with Gasteiger partial charge in [-0.3, -0.25) is 14.5 Å². The lowest BCUT2D eigenvalue weighted by Crippen LogP contribution is -2.33.